The zero-order chi connectivity index (χ0) is 26.5. The molecule has 2 N–H and O–H groups in total. The highest BCUT2D eigenvalue weighted by molar-refractivity contribution is 6.42. The molecule has 1 unspecified atom stereocenters. The largest absolute Gasteiger partial charge is 0.455 e. The quantitative estimate of drug-likeness (QED) is 0.242. The minimum absolute atomic E-state index is 0.0123. The Balaban J connectivity index is 1.78. The van der Waals surface area contributed by atoms with Gasteiger partial charge in [0.2, 0.25) is 5.91 Å². The zero-order valence-corrected chi connectivity index (χ0v) is 20.6. The normalized spacial score (nSPS) is 12.4. The van der Waals surface area contributed by atoms with E-state index in [1.807, 2.05) is 0 Å². The van der Waals surface area contributed by atoms with Crippen LogP contribution in [0.1, 0.15) is 12.1 Å². The third-order valence-electron chi connectivity index (χ3n) is 5.74. The average molecular weight is 492 g/mol. The maximum absolute atomic E-state index is 13.5. The van der Waals surface area contributed by atoms with Crippen LogP contribution in [-0.2, 0) is 25.7 Å². The number of pyridine rings is 1. The summed E-state index contributed by atoms with van der Waals surface area (Å²) < 4.78 is 20.0. The first-order valence-corrected chi connectivity index (χ1v) is 11.3. The summed E-state index contributed by atoms with van der Waals surface area (Å²) in [4.78, 5) is 53.5. The molecule has 0 aliphatic rings. The fourth-order valence-electron chi connectivity index (χ4n) is 3.76. The van der Waals surface area contributed by atoms with Crippen molar-refractivity contribution in [2.24, 2.45) is 0 Å². The number of benzene rings is 1. The molecule has 3 aromatic rings. The predicted octanol–water partition coefficient (Wildman–Crippen LogP) is 0.414. The van der Waals surface area contributed by atoms with Gasteiger partial charge in [0.15, 0.2) is 6.10 Å². The van der Waals surface area contributed by atoms with Crippen LogP contribution in [0.4, 0.5) is 10.1 Å². The number of halogens is 1. The van der Waals surface area contributed by atoms with E-state index in [1.54, 1.807) is 60.3 Å². The molecule has 0 saturated carbocycles. The number of aromatic nitrogens is 2. The van der Waals surface area contributed by atoms with Crippen LogP contribution >= 0.6 is 0 Å². The molecule has 186 valence electrons. The lowest BCUT2D eigenvalue weighted by Crippen LogP contribution is -2.42. The van der Waals surface area contributed by atoms with Crippen molar-refractivity contribution in [2.45, 2.75) is 24.3 Å². The number of aromatic amines is 1. The van der Waals surface area contributed by atoms with Crippen LogP contribution in [0, 0.1) is 5.82 Å². The Kier molecular flexibility index (Phi) is 8.18. The molecule has 0 aliphatic heterocycles. The molecule has 2 amide bonds. The molecular weight excluding hydrogens is 465 g/mol. The Morgan fingerprint density at radius 2 is 2.03 bits per heavy atom. The van der Waals surface area contributed by atoms with Crippen molar-refractivity contribution in [3.8, 4) is 0 Å². The van der Waals surface area contributed by atoms with E-state index < -0.39 is 22.8 Å². The molecule has 12 heteroatoms. The van der Waals surface area contributed by atoms with Crippen LogP contribution in [0.25, 0.3) is 10.9 Å². The van der Waals surface area contributed by atoms with Crippen molar-refractivity contribution in [3.05, 3.63) is 76.6 Å². The van der Waals surface area contributed by atoms with Gasteiger partial charge in [-0.3, -0.25) is 19.2 Å². The number of nitrogens with one attached hydrogen (secondary N) is 2. The number of allylic oxidation sites excluding steroid dienone is 1. The number of hydrogen-bond donors (Lipinski definition) is 2. The van der Waals surface area contributed by atoms with Crippen LogP contribution < -0.4 is 10.9 Å². The van der Waals surface area contributed by atoms with Crippen LogP contribution in [0.15, 0.2) is 59.5 Å². The fourth-order valence-corrected chi connectivity index (χ4v) is 3.76. The van der Waals surface area contributed by atoms with E-state index in [0.717, 1.165) is 5.52 Å². The molecule has 1 aromatic carbocycles. The van der Waals surface area contributed by atoms with Gasteiger partial charge in [-0.2, -0.15) is 0 Å². The van der Waals surface area contributed by atoms with Gasteiger partial charge < -0.3 is 24.5 Å². The third-order valence-corrected chi connectivity index (χ3v) is 5.74. The molecule has 1 atom stereocenters. The van der Waals surface area contributed by atoms with Gasteiger partial charge in [-0.05, 0) is 54.1 Å². The SMILES string of the molecule is BC(B)(C/C=C/C(=O)N(C)C)C(OC=O)C(=O)Nc1cccn(Cc2cc3cc(F)ccc3[nH]2)c1=O. The lowest BCUT2D eigenvalue weighted by atomic mass is 9.49. The number of carbonyl (C=O) groups excluding carboxylic acids is 3. The van der Waals surface area contributed by atoms with E-state index in [0.29, 0.717) is 11.1 Å². The lowest BCUT2D eigenvalue weighted by molar-refractivity contribution is -0.143. The second-order valence-electron chi connectivity index (χ2n) is 9.31. The number of hydrogen-bond acceptors (Lipinski definition) is 5. The van der Waals surface area contributed by atoms with Gasteiger partial charge in [0, 0.05) is 36.9 Å². The van der Waals surface area contributed by atoms with Crippen LogP contribution in [0.5, 0.6) is 0 Å². The maximum Gasteiger partial charge on any atom is 0.293 e. The Bertz CT molecular complexity index is 1370. The summed E-state index contributed by atoms with van der Waals surface area (Å²) in [7, 11) is 6.67. The highest BCUT2D eigenvalue weighted by Crippen LogP contribution is 2.30. The Hall–Kier alpha value is -4.08. The van der Waals surface area contributed by atoms with E-state index >= 15 is 0 Å². The highest BCUT2D eigenvalue weighted by Gasteiger charge is 2.36. The molecule has 36 heavy (non-hydrogen) atoms. The Morgan fingerprint density at radius 3 is 2.72 bits per heavy atom. The minimum Gasteiger partial charge on any atom is -0.455 e. The van der Waals surface area contributed by atoms with E-state index in [1.165, 1.54) is 33.7 Å². The summed E-state index contributed by atoms with van der Waals surface area (Å²) in [6.45, 7) is 0.353. The molecule has 2 aromatic heterocycles. The number of nitrogens with zero attached hydrogens (tertiary/aromatic N) is 2. The second-order valence-corrected chi connectivity index (χ2v) is 9.31. The van der Waals surface area contributed by atoms with Crippen molar-refractivity contribution in [2.75, 3.05) is 19.4 Å². The van der Waals surface area contributed by atoms with E-state index in [2.05, 4.69) is 10.3 Å². The standard InChI is InChI=1S/C24H27B2FN4O5/c1-30(2)20(33)6-3-9-24(25,26)21(36-14-32)22(34)29-19-5-4-10-31(23(19)35)13-17-12-15-11-16(27)7-8-18(15)28-17/h3-8,10-12,14,21,28H,9,13,25-26H2,1-2H3,(H,29,34)/b6-3+. The number of carbonyl (C=O) groups is 3. The molecule has 0 bridgehead atoms. The van der Waals surface area contributed by atoms with E-state index in [9.17, 15) is 23.6 Å². The summed E-state index contributed by atoms with van der Waals surface area (Å²) in [6.07, 6.45) is 3.61. The van der Waals surface area contributed by atoms with Crippen LogP contribution in [0.3, 0.4) is 0 Å². The van der Waals surface area contributed by atoms with Crippen molar-refractivity contribution in [3.63, 3.8) is 0 Å². The Labute approximate surface area is 209 Å². The molecule has 0 spiro atoms. The van der Waals surface area contributed by atoms with Gasteiger partial charge >= 0.3 is 0 Å². The third kappa shape index (κ3) is 6.32. The van der Waals surface area contributed by atoms with Gasteiger partial charge in [-0.25, -0.2) is 4.39 Å². The maximum atomic E-state index is 13.5. The number of rotatable bonds is 10. The lowest BCUT2D eigenvalue weighted by Gasteiger charge is -2.31. The topological polar surface area (TPSA) is 113 Å². The molecule has 2 heterocycles. The predicted molar refractivity (Wildman–Crippen MR) is 140 cm³/mol. The first-order chi connectivity index (χ1) is 17.0. The van der Waals surface area contributed by atoms with E-state index in [-0.39, 0.29) is 36.8 Å². The average Bonchev–Trinajstić information content (AvgIpc) is 3.21. The monoisotopic (exact) mass is 492 g/mol. The zero-order valence-electron chi connectivity index (χ0n) is 20.6. The number of ether oxygens (including phenoxy) is 1. The molecule has 0 aliphatic carbocycles. The molecule has 0 fully saturated rings. The van der Waals surface area contributed by atoms with Crippen LogP contribution in [-0.4, -0.2) is 68.6 Å². The summed E-state index contributed by atoms with van der Waals surface area (Å²) in [6, 6.07) is 9.18. The van der Waals surface area contributed by atoms with E-state index in [4.69, 9.17) is 4.74 Å². The molecule has 3 rings (SSSR count). The van der Waals surface area contributed by atoms with Crippen molar-refractivity contribution in [1.29, 1.82) is 0 Å². The number of H-pyrrole nitrogens is 1. The molecule has 0 saturated heterocycles. The van der Waals surface area contributed by atoms with Crippen molar-refractivity contribution < 1.29 is 23.5 Å². The summed E-state index contributed by atoms with van der Waals surface area (Å²) in [5.41, 5.74) is 0.970. The number of anilines is 1. The number of likely N-dealkylation sites (N-methyl/N-ethyl adjacent to an activating group) is 1. The fraction of sp³-hybridized carbons (Fsp3) is 0.250. The first-order valence-electron chi connectivity index (χ1n) is 11.3. The van der Waals surface area contributed by atoms with Gasteiger partial charge in [-0.15, -0.1) is 0 Å². The number of fused-ring (bicyclic) bond motifs is 1. The van der Waals surface area contributed by atoms with Crippen molar-refractivity contribution >= 4 is 50.6 Å². The first kappa shape index (κ1) is 26.5. The molecular formula is C24H27B2FN4O5. The molecule has 0 radical (unpaired) electrons. The van der Waals surface area contributed by atoms with Gasteiger partial charge in [-0.1, -0.05) is 6.08 Å². The number of amides is 2. The Morgan fingerprint density at radius 1 is 1.28 bits per heavy atom. The van der Waals surface area contributed by atoms with Gasteiger partial charge in [0.25, 0.3) is 17.9 Å². The summed E-state index contributed by atoms with van der Waals surface area (Å²) >= 11 is 0. The summed E-state index contributed by atoms with van der Waals surface area (Å²) in [5.74, 6) is -1.24. The van der Waals surface area contributed by atoms with Crippen molar-refractivity contribution in [1.82, 2.24) is 14.5 Å². The van der Waals surface area contributed by atoms with Gasteiger partial charge in [0.05, 0.1) is 6.54 Å². The smallest absolute Gasteiger partial charge is 0.293 e. The molecule has 9 nitrogen and oxygen atoms in total. The summed E-state index contributed by atoms with van der Waals surface area (Å²) in [5, 5.41) is 2.37. The van der Waals surface area contributed by atoms with Gasteiger partial charge in [0.1, 0.15) is 27.2 Å². The highest BCUT2D eigenvalue weighted by atomic mass is 19.1. The second kappa shape index (κ2) is 11.1. The minimum atomic E-state index is -1.22. The van der Waals surface area contributed by atoms with Crippen LogP contribution in [0.2, 0.25) is 5.21 Å².